The lowest BCUT2D eigenvalue weighted by molar-refractivity contribution is -0.142. The van der Waals surface area contributed by atoms with Crippen molar-refractivity contribution >= 4 is 40.8 Å². The summed E-state index contributed by atoms with van der Waals surface area (Å²) in [5.74, 6) is -2.00. The van der Waals surface area contributed by atoms with Crippen molar-refractivity contribution in [2.45, 2.75) is 37.6 Å². The maximum Gasteiger partial charge on any atom is 0.290 e. The molecule has 1 N–H and O–H groups in total. The number of carbonyl (C=O) groups is 3. The molecule has 0 aromatic heterocycles. The summed E-state index contributed by atoms with van der Waals surface area (Å²) in [5, 5.41) is 4.05. The topological polar surface area (TPSA) is 66.5 Å². The van der Waals surface area contributed by atoms with E-state index in [1.807, 2.05) is 18.2 Å². The van der Waals surface area contributed by atoms with Gasteiger partial charge in [-0.3, -0.25) is 14.4 Å². The van der Waals surface area contributed by atoms with E-state index in [-0.39, 0.29) is 18.5 Å². The number of likely N-dealkylation sites (N-methyl/N-ethyl adjacent to an activating group) is 1. The first-order valence-corrected chi connectivity index (χ1v) is 9.17. The fourth-order valence-corrected chi connectivity index (χ4v) is 3.92. The normalized spacial score (nSPS) is 26.8. The summed E-state index contributed by atoms with van der Waals surface area (Å²) >= 11 is 12.0. The minimum atomic E-state index is -0.870. The Morgan fingerprint density at radius 2 is 1.80 bits per heavy atom. The van der Waals surface area contributed by atoms with E-state index >= 15 is 0 Å². The molecule has 134 valence electrons. The van der Waals surface area contributed by atoms with Crippen molar-refractivity contribution in [2.75, 3.05) is 13.6 Å². The van der Waals surface area contributed by atoms with Gasteiger partial charge < -0.3 is 10.2 Å². The molecule has 1 saturated carbocycles. The first-order chi connectivity index (χ1) is 11.9. The molecule has 0 spiro atoms. The van der Waals surface area contributed by atoms with E-state index in [1.165, 1.54) is 11.9 Å². The number of rotatable bonds is 3. The molecule has 2 aliphatic rings. The van der Waals surface area contributed by atoms with Crippen LogP contribution in [0.4, 0.5) is 0 Å². The number of hydrogen-bond acceptors (Lipinski definition) is 3. The molecule has 0 bridgehead atoms. The van der Waals surface area contributed by atoms with Crippen molar-refractivity contribution in [3.63, 3.8) is 0 Å². The van der Waals surface area contributed by atoms with Gasteiger partial charge in [-0.1, -0.05) is 29.3 Å². The Hall–Kier alpha value is -1.59. The number of nitrogens with zero attached hydrogens (tertiary/aromatic N) is 1. The molecule has 2 amide bonds. The van der Waals surface area contributed by atoms with Crippen LogP contribution in [0.25, 0.3) is 0 Å². The third kappa shape index (κ3) is 3.82. The van der Waals surface area contributed by atoms with E-state index in [0.29, 0.717) is 16.0 Å². The lowest BCUT2D eigenvalue weighted by atomic mass is 9.81. The lowest BCUT2D eigenvalue weighted by Crippen LogP contribution is -2.43. The number of benzene rings is 1. The summed E-state index contributed by atoms with van der Waals surface area (Å²) in [5.41, 5.74) is 1.16. The minimum absolute atomic E-state index is 0.0420. The van der Waals surface area contributed by atoms with Gasteiger partial charge in [0.1, 0.15) is 5.92 Å². The number of likely N-dealkylation sites (tertiary alicyclic amines) is 1. The number of Topliss-reactive ketones (excluding diaryl/α,β-unsaturated/α-hetero) is 1. The highest BCUT2D eigenvalue weighted by Crippen LogP contribution is 2.35. The minimum Gasteiger partial charge on any atom is -0.353 e. The molecule has 1 saturated heterocycles. The van der Waals surface area contributed by atoms with Gasteiger partial charge in [0.25, 0.3) is 5.91 Å². The maximum absolute atomic E-state index is 12.3. The second-order valence-corrected chi connectivity index (χ2v) is 7.65. The van der Waals surface area contributed by atoms with E-state index < -0.39 is 17.6 Å². The molecular weight excluding hydrogens is 363 g/mol. The highest BCUT2D eigenvalue weighted by Gasteiger charge is 2.42. The summed E-state index contributed by atoms with van der Waals surface area (Å²) in [7, 11) is 1.54. The van der Waals surface area contributed by atoms with Gasteiger partial charge in [0.15, 0.2) is 0 Å². The molecule has 25 heavy (non-hydrogen) atoms. The molecule has 1 aromatic carbocycles. The molecule has 0 radical (unpaired) electrons. The highest BCUT2D eigenvalue weighted by atomic mass is 35.5. The van der Waals surface area contributed by atoms with Gasteiger partial charge in [-0.15, -0.1) is 0 Å². The number of halogens is 2. The first kappa shape index (κ1) is 18.2. The van der Waals surface area contributed by atoms with E-state index in [1.54, 1.807) is 0 Å². The van der Waals surface area contributed by atoms with Crippen LogP contribution < -0.4 is 5.32 Å². The molecule has 2 fully saturated rings. The van der Waals surface area contributed by atoms with E-state index in [4.69, 9.17) is 23.2 Å². The van der Waals surface area contributed by atoms with Crippen molar-refractivity contribution < 1.29 is 14.4 Å². The SMILES string of the molecule is CN1CC(C(=O)NC2CCC(c3ccc(Cl)c(Cl)c3)CC2)C(=O)C1=O. The predicted molar refractivity (Wildman–Crippen MR) is 95.7 cm³/mol. The summed E-state index contributed by atoms with van der Waals surface area (Å²) in [4.78, 5) is 37.0. The van der Waals surface area contributed by atoms with Gasteiger partial charge >= 0.3 is 0 Å². The van der Waals surface area contributed by atoms with Crippen LogP contribution in [0.2, 0.25) is 10.0 Å². The van der Waals surface area contributed by atoms with Crippen molar-refractivity contribution in [3.8, 4) is 0 Å². The van der Waals surface area contributed by atoms with Gasteiger partial charge in [0, 0.05) is 19.6 Å². The van der Waals surface area contributed by atoms with Crippen LogP contribution in [0, 0.1) is 5.92 Å². The third-order valence-electron chi connectivity index (χ3n) is 5.14. The molecule has 1 heterocycles. The first-order valence-electron chi connectivity index (χ1n) is 8.41. The third-order valence-corrected chi connectivity index (χ3v) is 5.87. The monoisotopic (exact) mass is 382 g/mol. The number of hydrogen-bond donors (Lipinski definition) is 1. The van der Waals surface area contributed by atoms with Gasteiger partial charge in [0.05, 0.1) is 10.0 Å². The molecule has 5 nitrogen and oxygen atoms in total. The Morgan fingerprint density at radius 3 is 2.36 bits per heavy atom. The predicted octanol–water partition coefficient (Wildman–Crippen LogP) is 2.79. The van der Waals surface area contributed by atoms with E-state index in [0.717, 1.165) is 31.2 Å². The number of ketones is 1. The lowest BCUT2D eigenvalue weighted by Gasteiger charge is -2.30. The average Bonchev–Trinajstić information content (AvgIpc) is 2.86. The Bertz CT molecular complexity index is 714. The van der Waals surface area contributed by atoms with Crippen LogP contribution in [0.1, 0.15) is 37.2 Å². The van der Waals surface area contributed by atoms with Gasteiger partial charge in [0.2, 0.25) is 11.7 Å². The van der Waals surface area contributed by atoms with Crippen LogP contribution in [0.15, 0.2) is 18.2 Å². The van der Waals surface area contributed by atoms with Crippen LogP contribution in [0.5, 0.6) is 0 Å². The van der Waals surface area contributed by atoms with Crippen molar-refractivity contribution in [3.05, 3.63) is 33.8 Å². The highest BCUT2D eigenvalue weighted by molar-refractivity contribution is 6.42. The van der Waals surface area contributed by atoms with E-state index in [9.17, 15) is 14.4 Å². The van der Waals surface area contributed by atoms with Crippen molar-refractivity contribution in [2.24, 2.45) is 5.92 Å². The molecule has 1 unspecified atom stereocenters. The molecular formula is C18H20Cl2N2O3. The largest absolute Gasteiger partial charge is 0.353 e. The Morgan fingerprint density at radius 1 is 1.12 bits per heavy atom. The Balaban J connectivity index is 1.54. The molecule has 1 aliphatic carbocycles. The summed E-state index contributed by atoms with van der Waals surface area (Å²) < 4.78 is 0. The standard InChI is InChI=1S/C18H20Cl2N2O3/c1-22-9-13(16(23)18(22)25)17(24)21-12-5-2-10(3-6-12)11-4-7-14(19)15(20)8-11/h4,7-8,10,12-13H,2-3,5-6,9H2,1H3,(H,21,24). The Labute approximate surface area is 156 Å². The van der Waals surface area contributed by atoms with Crippen molar-refractivity contribution in [1.82, 2.24) is 10.2 Å². The molecule has 1 atom stereocenters. The van der Waals surface area contributed by atoms with Crippen LogP contribution >= 0.6 is 23.2 Å². The Kier molecular flexibility index (Phi) is 5.35. The molecule has 7 heteroatoms. The van der Waals surface area contributed by atoms with Crippen LogP contribution in [-0.4, -0.2) is 42.1 Å². The summed E-state index contributed by atoms with van der Waals surface area (Å²) in [6.07, 6.45) is 3.53. The zero-order chi connectivity index (χ0) is 18.1. The zero-order valence-corrected chi connectivity index (χ0v) is 15.4. The van der Waals surface area contributed by atoms with Crippen LogP contribution in [-0.2, 0) is 14.4 Å². The van der Waals surface area contributed by atoms with Crippen molar-refractivity contribution in [1.29, 1.82) is 0 Å². The second kappa shape index (κ2) is 7.34. The average molecular weight is 383 g/mol. The van der Waals surface area contributed by atoms with E-state index in [2.05, 4.69) is 5.32 Å². The van der Waals surface area contributed by atoms with Gasteiger partial charge in [-0.05, 0) is 49.3 Å². The van der Waals surface area contributed by atoms with Crippen LogP contribution in [0.3, 0.4) is 0 Å². The smallest absolute Gasteiger partial charge is 0.290 e. The quantitative estimate of drug-likeness (QED) is 0.645. The summed E-state index contributed by atoms with van der Waals surface area (Å²) in [6, 6.07) is 5.76. The second-order valence-electron chi connectivity index (χ2n) is 6.83. The molecule has 3 rings (SSSR count). The van der Waals surface area contributed by atoms with Gasteiger partial charge in [-0.2, -0.15) is 0 Å². The maximum atomic E-state index is 12.3. The number of amides is 2. The summed E-state index contributed by atoms with van der Waals surface area (Å²) in [6.45, 7) is 0.169. The fourth-order valence-electron chi connectivity index (χ4n) is 3.62. The van der Waals surface area contributed by atoms with Gasteiger partial charge in [-0.25, -0.2) is 0 Å². The molecule has 1 aromatic rings. The molecule has 1 aliphatic heterocycles. The fraction of sp³-hybridized carbons (Fsp3) is 0.500. The zero-order valence-electron chi connectivity index (χ0n) is 13.9. The number of carbonyl (C=O) groups excluding carboxylic acids is 3. The number of nitrogens with one attached hydrogen (secondary N) is 1.